The van der Waals surface area contributed by atoms with Crippen LogP contribution in [0.5, 0.6) is 5.75 Å². The van der Waals surface area contributed by atoms with Crippen LogP contribution < -0.4 is 5.32 Å². The maximum Gasteiger partial charge on any atom is 0.139 e. The van der Waals surface area contributed by atoms with E-state index in [1.54, 1.807) is 6.07 Å². The van der Waals surface area contributed by atoms with Gasteiger partial charge in [-0.05, 0) is 42.2 Å². The number of nitrogens with zero attached hydrogens (tertiary/aromatic N) is 1. The molecule has 24 heavy (non-hydrogen) atoms. The van der Waals surface area contributed by atoms with Crippen LogP contribution >= 0.6 is 10.0 Å². The van der Waals surface area contributed by atoms with Gasteiger partial charge in [0.15, 0.2) is 0 Å². The second kappa shape index (κ2) is 9.51. The molecule has 2 rings (SSSR count). The Morgan fingerprint density at radius 1 is 1.29 bits per heavy atom. The molecule has 0 unspecified atom stereocenters. The van der Waals surface area contributed by atoms with Crippen molar-refractivity contribution >= 4 is 15.7 Å². The fourth-order valence-corrected chi connectivity index (χ4v) is 2.42. The van der Waals surface area contributed by atoms with Gasteiger partial charge in [0.25, 0.3) is 0 Å². The van der Waals surface area contributed by atoms with Crippen LogP contribution in [0.15, 0.2) is 30.6 Å². The summed E-state index contributed by atoms with van der Waals surface area (Å²) in [6.07, 6.45) is 6.46. The molecule has 1 fully saturated rings. The molecule has 136 valence electrons. The number of anilines is 1. The first-order valence-corrected chi connectivity index (χ1v) is 11.0. The van der Waals surface area contributed by atoms with E-state index in [0.29, 0.717) is 18.9 Å². The third-order valence-corrected chi connectivity index (χ3v) is 3.88. The van der Waals surface area contributed by atoms with Gasteiger partial charge in [-0.1, -0.05) is 26.3 Å². The average molecular weight is 353 g/mol. The van der Waals surface area contributed by atoms with Crippen LogP contribution in [0.3, 0.4) is 0 Å². The summed E-state index contributed by atoms with van der Waals surface area (Å²) in [7, 11) is -0.869. The van der Waals surface area contributed by atoms with Gasteiger partial charge in [0, 0.05) is 20.1 Å². The molecule has 0 saturated carbocycles. The number of hydrogen-bond acceptors (Lipinski definition) is 4. The summed E-state index contributed by atoms with van der Waals surface area (Å²) in [6.45, 7) is 11.1. The van der Waals surface area contributed by atoms with E-state index in [1.807, 2.05) is 26.0 Å². The predicted molar refractivity (Wildman–Crippen MR) is 109 cm³/mol. The van der Waals surface area contributed by atoms with E-state index in [4.69, 9.17) is 4.74 Å². The molecule has 1 aliphatic rings. The smallest absolute Gasteiger partial charge is 0.139 e. The van der Waals surface area contributed by atoms with E-state index in [1.165, 1.54) is 0 Å². The lowest BCUT2D eigenvalue weighted by Crippen LogP contribution is -2.37. The number of nitrogens with one attached hydrogen (secondary N) is 1. The van der Waals surface area contributed by atoms with Crippen LogP contribution in [0.25, 0.3) is 0 Å². The highest BCUT2D eigenvalue weighted by Gasteiger charge is 2.13. The van der Waals surface area contributed by atoms with E-state index in [9.17, 15) is 5.11 Å². The van der Waals surface area contributed by atoms with E-state index in [2.05, 4.69) is 46.7 Å². The van der Waals surface area contributed by atoms with Crippen molar-refractivity contribution in [2.24, 2.45) is 0 Å². The molecule has 0 radical (unpaired) electrons. The fraction of sp³-hybridized carbons (Fsp3) is 0.474. The lowest BCUT2D eigenvalue weighted by molar-refractivity contribution is 0.0545. The molecule has 0 bridgehead atoms. The molecule has 1 aliphatic heterocycles. The highest BCUT2D eigenvalue weighted by molar-refractivity contribution is 8.35. The molecule has 4 nitrogen and oxygen atoms in total. The van der Waals surface area contributed by atoms with Gasteiger partial charge < -0.3 is 20.1 Å². The van der Waals surface area contributed by atoms with Crippen molar-refractivity contribution in [3.05, 3.63) is 36.2 Å². The number of phenolic OH excluding ortho intramolecular Hbond substituents is 1. The van der Waals surface area contributed by atoms with Gasteiger partial charge >= 0.3 is 0 Å². The van der Waals surface area contributed by atoms with Crippen molar-refractivity contribution in [3.63, 3.8) is 0 Å². The fourth-order valence-electron chi connectivity index (χ4n) is 1.99. The molecule has 0 spiro atoms. The van der Waals surface area contributed by atoms with Crippen molar-refractivity contribution in [3.8, 4) is 16.9 Å². The Kier molecular flexibility index (Phi) is 8.03. The van der Waals surface area contributed by atoms with Crippen molar-refractivity contribution in [1.82, 2.24) is 4.90 Å². The molecular weight excluding hydrogens is 320 g/mol. The zero-order valence-electron chi connectivity index (χ0n) is 15.5. The first-order chi connectivity index (χ1) is 11.3. The summed E-state index contributed by atoms with van der Waals surface area (Å²) < 4.78 is 5.33. The normalized spacial score (nSPS) is 14.6. The zero-order valence-corrected chi connectivity index (χ0v) is 16.3. The van der Waals surface area contributed by atoms with E-state index < -0.39 is 10.0 Å². The van der Waals surface area contributed by atoms with Crippen LogP contribution in [0.2, 0.25) is 0 Å². The monoisotopic (exact) mass is 352 g/mol. The number of rotatable bonds is 3. The summed E-state index contributed by atoms with van der Waals surface area (Å²) in [5.41, 5.74) is 1.52. The first-order valence-electron chi connectivity index (χ1n) is 8.18. The van der Waals surface area contributed by atoms with Crippen LogP contribution in [0, 0.1) is 11.2 Å². The van der Waals surface area contributed by atoms with Gasteiger partial charge in [-0.15, -0.1) is 0 Å². The minimum atomic E-state index is -0.869. The van der Waals surface area contributed by atoms with E-state index >= 15 is 0 Å². The quantitative estimate of drug-likeness (QED) is 0.640. The summed E-state index contributed by atoms with van der Waals surface area (Å²) in [6, 6.07) is 5.35. The molecule has 0 amide bonds. The Bertz CT molecular complexity index is 612. The highest BCUT2D eigenvalue weighted by Crippen LogP contribution is 2.33. The van der Waals surface area contributed by atoms with Crippen LogP contribution in [0.4, 0.5) is 5.69 Å². The van der Waals surface area contributed by atoms with Gasteiger partial charge in [-0.25, -0.2) is 0 Å². The molecule has 1 heterocycles. The summed E-state index contributed by atoms with van der Waals surface area (Å²) in [4.78, 5) is 2.11. The molecule has 2 N–H and O–H groups in total. The van der Waals surface area contributed by atoms with Crippen LogP contribution in [-0.4, -0.2) is 55.1 Å². The van der Waals surface area contributed by atoms with E-state index in [0.717, 1.165) is 24.5 Å². The maximum atomic E-state index is 10.0. The largest absolute Gasteiger partial charge is 0.506 e. The molecule has 1 saturated heterocycles. The Labute approximate surface area is 149 Å². The lowest BCUT2D eigenvalue weighted by atomic mass is 10.2. The third kappa shape index (κ3) is 6.77. The number of hydrogen-bond donors (Lipinski definition) is 2. The Morgan fingerprint density at radius 3 is 2.50 bits per heavy atom. The molecule has 1 aromatic carbocycles. The number of morpholine rings is 1. The Morgan fingerprint density at radius 2 is 1.92 bits per heavy atom. The van der Waals surface area contributed by atoms with Gasteiger partial charge in [0.1, 0.15) is 5.75 Å². The topological polar surface area (TPSA) is 44.7 Å². The van der Waals surface area contributed by atoms with Gasteiger partial charge in [0.2, 0.25) is 0 Å². The standard InChI is InChI=1S/C17H24N2O2S.C2H6.H2/c1-14(19-8-10-21-11-9-19)18-16-13-15(5-6-17(16)20)7-12-22(2,3)4;1-2;/h5-6,13,18,20H,1,8-11H2,2-4H3;1-2H3;1H. The lowest BCUT2D eigenvalue weighted by Gasteiger charge is -2.30. The van der Waals surface area contributed by atoms with Crippen molar-refractivity contribution in [2.45, 2.75) is 13.8 Å². The van der Waals surface area contributed by atoms with Crippen LogP contribution in [0.1, 0.15) is 20.8 Å². The predicted octanol–water partition coefficient (Wildman–Crippen LogP) is 3.88. The highest BCUT2D eigenvalue weighted by atomic mass is 32.3. The molecule has 5 heteroatoms. The van der Waals surface area contributed by atoms with Gasteiger partial charge in [-0.2, -0.15) is 10.0 Å². The van der Waals surface area contributed by atoms with Gasteiger partial charge in [0.05, 0.1) is 24.7 Å². The van der Waals surface area contributed by atoms with Crippen molar-refractivity contribution in [2.75, 3.05) is 50.4 Å². The minimum Gasteiger partial charge on any atom is -0.506 e. The second-order valence-corrected chi connectivity index (χ2v) is 9.85. The molecular formula is C19H32N2O2S. The summed E-state index contributed by atoms with van der Waals surface area (Å²) in [5, 5.41) is 16.5. The molecule has 1 aromatic rings. The van der Waals surface area contributed by atoms with Gasteiger partial charge in [-0.3, -0.25) is 0 Å². The van der Waals surface area contributed by atoms with Crippen molar-refractivity contribution < 1.29 is 11.3 Å². The minimum absolute atomic E-state index is 0. The number of phenols is 1. The summed E-state index contributed by atoms with van der Waals surface area (Å²) >= 11 is 0. The first kappa shape index (κ1) is 20.3. The number of ether oxygens (including phenoxy) is 1. The van der Waals surface area contributed by atoms with Crippen molar-refractivity contribution in [1.29, 1.82) is 0 Å². The number of aromatic hydroxyl groups is 1. The maximum absolute atomic E-state index is 10.0. The number of benzene rings is 1. The zero-order chi connectivity index (χ0) is 18.2. The average Bonchev–Trinajstić information content (AvgIpc) is 2.57. The SMILES string of the molecule is C=C(Nc1cc(C#CS(C)(C)C)ccc1O)N1CCOCC1.CC.[HH]. The molecule has 0 aliphatic carbocycles. The van der Waals surface area contributed by atoms with Crippen LogP contribution in [-0.2, 0) is 4.74 Å². The second-order valence-electron chi connectivity index (χ2n) is 5.97. The Hall–Kier alpha value is -1.77. The third-order valence-electron chi connectivity index (χ3n) is 3.17. The van der Waals surface area contributed by atoms with E-state index in [-0.39, 0.29) is 7.18 Å². The summed E-state index contributed by atoms with van der Waals surface area (Å²) in [5.74, 6) is 4.14. The Balaban J connectivity index is 0.00000185. The molecule has 0 aromatic heterocycles. The molecule has 0 atom stereocenters.